The van der Waals surface area contributed by atoms with Crippen LogP contribution in [0.15, 0.2) is 53.4 Å². The van der Waals surface area contributed by atoms with Gasteiger partial charge in [-0.1, -0.05) is 41.4 Å². The minimum absolute atomic E-state index is 0.159. The van der Waals surface area contributed by atoms with Crippen molar-refractivity contribution in [2.45, 2.75) is 37.3 Å². The molecule has 0 spiro atoms. The molecule has 0 bridgehead atoms. The average molecular weight is 499 g/mol. The summed E-state index contributed by atoms with van der Waals surface area (Å²) in [6, 6.07) is 13.1. The summed E-state index contributed by atoms with van der Waals surface area (Å²) in [5.41, 5.74) is 0.760. The van der Waals surface area contributed by atoms with E-state index in [0.29, 0.717) is 22.9 Å². The molecule has 7 nitrogen and oxygen atoms in total. The third kappa shape index (κ3) is 6.01. The molecule has 1 unspecified atom stereocenters. The van der Waals surface area contributed by atoms with Gasteiger partial charge in [0.15, 0.2) is 6.10 Å². The number of hydrogen-bond acceptors (Lipinski definition) is 5. The number of carbonyl (C=O) groups excluding carboxylic acids is 2. The Bertz CT molecular complexity index is 1070. The molecular weight excluding hydrogens is 475 g/mol. The molecule has 3 rings (SSSR count). The van der Waals surface area contributed by atoms with Crippen molar-refractivity contribution in [3.63, 3.8) is 0 Å². The van der Waals surface area contributed by atoms with Crippen LogP contribution in [0, 0.1) is 5.92 Å². The SMILES string of the molecule is CC(OC(=O)C1CCN(S(=O)(=O)c2ccc(Cl)cc2)CC1)C(=O)NCc1ccccc1Cl. The lowest BCUT2D eigenvalue weighted by Gasteiger charge is -2.30. The van der Waals surface area contributed by atoms with Gasteiger partial charge in [-0.15, -0.1) is 0 Å². The van der Waals surface area contributed by atoms with Gasteiger partial charge in [0.2, 0.25) is 10.0 Å². The average Bonchev–Trinajstić information content (AvgIpc) is 2.78. The Morgan fingerprint density at radius 2 is 1.72 bits per heavy atom. The maximum absolute atomic E-state index is 12.8. The minimum Gasteiger partial charge on any atom is -0.452 e. The van der Waals surface area contributed by atoms with E-state index in [1.54, 1.807) is 18.2 Å². The second-order valence-electron chi connectivity index (χ2n) is 7.52. The number of nitrogens with one attached hydrogen (secondary N) is 1. The number of nitrogens with zero attached hydrogens (tertiary/aromatic N) is 1. The molecule has 1 N–H and O–H groups in total. The van der Waals surface area contributed by atoms with E-state index in [4.69, 9.17) is 27.9 Å². The number of carbonyl (C=O) groups is 2. The topological polar surface area (TPSA) is 92.8 Å². The Balaban J connectivity index is 1.49. The lowest BCUT2D eigenvalue weighted by Crippen LogP contribution is -2.42. The Morgan fingerprint density at radius 1 is 1.09 bits per heavy atom. The summed E-state index contributed by atoms with van der Waals surface area (Å²) in [4.78, 5) is 24.9. The van der Waals surface area contributed by atoms with E-state index in [9.17, 15) is 18.0 Å². The fraction of sp³-hybridized carbons (Fsp3) is 0.364. The zero-order valence-electron chi connectivity index (χ0n) is 17.5. The van der Waals surface area contributed by atoms with Gasteiger partial charge in [-0.2, -0.15) is 4.31 Å². The number of ether oxygens (including phenoxy) is 1. The molecule has 0 aromatic heterocycles. The second kappa shape index (κ2) is 10.7. The first-order valence-corrected chi connectivity index (χ1v) is 12.4. The normalized spacial score (nSPS) is 16.3. The number of hydrogen-bond donors (Lipinski definition) is 1. The van der Waals surface area contributed by atoms with Crippen LogP contribution in [0.25, 0.3) is 0 Å². The molecule has 32 heavy (non-hydrogen) atoms. The van der Waals surface area contributed by atoms with Crippen molar-refractivity contribution in [2.24, 2.45) is 5.92 Å². The molecule has 1 amide bonds. The van der Waals surface area contributed by atoms with E-state index in [1.807, 2.05) is 6.07 Å². The first-order valence-electron chi connectivity index (χ1n) is 10.2. The Kier molecular flexibility index (Phi) is 8.16. The van der Waals surface area contributed by atoms with Crippen molar-refractivity contribution >= 4 is 45.1 Å². The Hall–Kier alpha value is -2.13. The number of amides is 1. The van der Waals surface area contributed by atoms with Gasteiger partial charge < -0.3 is 10.1 Å². The smallest absolute Gasteiger partial charge is 0.309 e. The number of benzene rings is 2. The molecule has 1 aliphatic heterocycles. The van der Waals surface area contributed by atoms with Crippen LogP contribution in [0.4, 0.5) is 0 Å². The third-order valence-corrected chi connectivity index (χ3v) is 7.85. The van der Waals surface area contributed by atoms with Crippen molar-refractivity contribution in [3.05, 3.63) is 64.1 Å². The zero-order chi connectivity index (χ0) is 23.3. The lowest BCUT2D eigenvalue weighted by molar-refractivity contribution is -0.159. The van der Waals surface area contributed by atoms with Crippen molar-refractivity contribution in [3.8, 4) is 0 Å². The summed E-state index contributed by atoms with van der Waals surface area (Å²) in [5, 5.41) is 3.69. The molecule has 0 radical (unpaired) electrons. The predicted molar refractivity (Wildman–Crippen MR) is 122 cm³/mol. The van der Waals surface area contributed by atoms with Crippen molar-refractivity contribution in [2.75, 3.05) is 13.1 Å². The first-order chi connectivity index (χ1) is 15.2. The first kappa shape index (κ1) is 24.5. The molecule has 1 atom stereocenters. The number of halogens is 2. The molecule has 1 aliphatic rings. The van der Waals surface area contributed by atoms with Crippen LogP contribution in [0.1, 0.15) is 25.3 Å². The third-order valence-electron chi connectivity index (χ3n) is 5.31. The largest absolute Gasteiger partial charge is 0.452 e. The molecule has 2 aromatic rings. The summed E-state index contributed by atoms with van der Waals surface area (Å²) in [6.45, 7) is 2.11. The van der Waals surface area contributed by atoms with Crippen LogP contribution >= 0.6 is 23.2 Å². The van der Waals surface area contributed by atoms with Crippen LogP contribution in [0.3, 0.4) is 0 Å². The number of sulfonamides is 1. The number of rotatable bonds is 7. The van der Waals surface area contributed by atoms with E-state index in [2.05, 4.69) is 5.32 Å². The monoisotopic (exact) mass is 498 g/mol. The van der Waals surface area contributed by atoms with Gasteiger partial charge in [0.1, 0.15) is 0 Å². The molecule has 1 saturated heterocycles. The summed E-state index contributed by atoms with van der Waals surface area (Å²) < 4.78 is 32.2. The Morgan fingerprint density at radius 3 is 2.34 bits per heavy atom. The molecule has 10 heteroatoms. The Labute approximate surface area is 197 Å². The molecule has 1 fully saturated rings. The highest BCUT2D eigenvalue weighted by Gasteiger charge is 2.33. The van der Waals surface area contributed by atoms with E-state index >= 15 is 0 Å². The predicted octanol–water partition coefficient (Wildman–Crippen LogP) is 3.64. The highest BCUT2D eigenvalue weighted by molar-refractivity contribution is 7.89. The maximum atomic E-state index is 12.8. The fourth-order valence-corrected chi connectivity index (χ4v) is 5.18. The van der Waals surface area contributed by atoms with Gasteiger partial charge in [0.25, 0.3) is 5.91 Å². The van der Waals surface area contributed by atoms with Crippen LogP contribution < -0.4 is 5.32 Å². The fourth-order valence-electron chi connectivity index (χ4n) is 3.38. The van der Waals surface area contributed by atoms with E-state index < -0.39 is 33.9 Å². The zero-order valence-corrected chi connectivity index (χ0v) is 19.8. The second-order valence-corrected chi connectivity index (χ2v) is 10.3. The quantitative estimate of drug-likeness (QED) is 0.588. The maximum Gasteiger partial charge on any atom is 0.309 e. The number of piperidine rings is 1. The lowest BCUT2D eigenvalue weighted by atomic mass is 9.98. The van der Waals surface area contributed by atoms with Gasteiger partial charge in [-0.05, 0) is 55.7 Å². The van der Waals surface area contributed by atoms with Crippen LogP contribution in [-0.4, -0.2) is 43.8 Å². The van der Waals surface area contributed by atoms with Gasteiger partial charge in [-0.3, -0.25) is 9.59 Å². The van der Waals surface area contributed by atoms with Crippen LogP contribution in [0.5, 0.6) is 0 Å². The molecule has 0 saturated carbocycles. The van der Waals surface area contributed by atoms with Gasteiger partial charge >= 0.3 is 5.97 Å². The summed E-state index contributed by atoms with van der Waals surface area (Å²) >= 11 is 11.9. The summed E-state index contributed by atoms with van der Waals surface area (Å²) in [6.07, 6.45) is -0.333. The minimum atomic E-state index is -3.65. The molecular formula is C22H24Cl2N2O5S. The van der Waals surface area contributed by atoms with E-state index in [0.717, 1.165) is 5.56 Å². The van der Waals surface area contributed by atoms with Crippen LogP contribution in [-0.2, 0) is 30.9 Å². The highest BCUT2D eigenvalue weighted by Crippen LogP contribution is 2.25. The van der Waals surface area contributed by atoms with Gasteiger partial charge in [0.05, 0.1) is 10.8 Å². The highest BCUT2D eigenvalue weighted by atomic mass is 35.5. The molecule has 172 valence electrons. The van der Waals surface area contributed by atoms with Crippen LogP contribution in [0.2, 0.25) is 10.0 Å². The van der Waals surface area contributed by atoms with E-state index in [1.165, 1.54) is 35.5 Å². The standard InChI is InChI=1S/C22H24Cl2N2O5S/c1-15(21(27)25-14-17-4-2-3-5-20(17)24)31-22(28)16-10-12-26(13-11-16)32(29,30)19-8-6-18(23)7-9-19/h2-9,15-16H,10-14H2,1H3,(H,25,27). The van der Waals surface area contributed by atoms with Crippen molar-refractivity contribution in [1.29, 1.82) is 0 Å². The summed E-state index contributed by atoms with van der Waals surface area (Å²) in [5.74, 6) is -1.40. The molecule has 0 aliphatic carbocycles. The molecule has 1 heterocycles. The van der Waals surface area contributed by atoms with Gasteiger partial charge in [-0.25, -0.2) is 8.42 Å². The van der Waals surface area contributed by atoms with Gasteiger partial charge in [0, 0.05) is 29.7 Å². The van der Waals surface area contributed by atoms with Crippen molar-refractivity contribution in [1.82, 2.24) is 9.62 Å². The van der Waals surface area contributed by atoms with E-state index in [-0.39, 0.29) is 24.5 Å². The summed E-state index contributed by atoms with van der Waals surface area (Å²) in [7, 11) is -3.65. The number of esters is 1. The molecule has 2 aromatic carbocycles. The van der Waals surface area contributed by atoms with Crippen molar-refractivity contribution < 1.29 is 22.7 Å².